The maximum atomic E-state index is 12.6. The second kappa shape index (κ2) is 9.90. The van der Waals surface area contributed by atoms with Crippen molar-refractivity contribution in [3.05, 3.63) is 37.9 Å². The lowest BCUT2D eigenvalue weighted by molar-refractivity contribution is -0.115. The predicted molar refractivity (Wildman–Crippen MR) is 108 cm³/mol. The van der Waals surface area contributed by atoms with Gasteiger partial charge in [-0.3, -0.25) is 14.2 Å². The average molecular weight is 397 g/mol. The molecule has 0 saturated carbocycles. The molecule has 0 radical (unpaired) electrons. The fraction of sp³-hybridized carbons (Fsp3) is 0.278. The zero-order chi connectivity index (χ0) is 20.5. The zero-order valence-corrected chi connectivity index (χ0v) is 16.3. The van der Waals surface area contributed by atoms with Crippen molar-refractivity contribution in [3.63, 3.8) is 0 Å². The lowest BCUT2D eigenvalue weighted by Gasteiger charge is -2.04. The molecule has 28 heavy (non-hydrogen) atoms. The largest absolute Gasteiger partial charge is 0.370 e. The molecule has 2 heterocycles. The van der Waals surface area contributed by atoms with Crippen molar-refractivity contribution in [1.29, 1.82) is 10.5 Å². The second-order valence-corrected chi connectivity index (χ2v) is 6.43. The number of thiazole rings is 1. The first kappa shape index (κ1) is 20.7. The van der Waals surface area contributed by atoms with Gasteiger partial charge in [-0.25, -0.2) is 4.98 Å². The van der Waals surface area contributed by atoms with Crippen molar-refractivity contribution in [2.24, 2.45) is 0 Å². The molecule has 0 unspecified atom stereocenters. The summed E-state index contributed by atoms with van der Waals surface area (Å²) in [4.78, 5) is 28.9. The highest BCUT2D eigenvalue weighted by atomic mass is 32.1. The summed E-state index contributed by atoms with van der Waals surface area (Å²) in [5.41, 5.74) is 0.230. The topological polar surface area (TPSA) is 136 Å². The molecule has 2 aromatic heterocycles. The maximum absolute atomic E-state index is 12.6. The van der Waals surface area contributed by atoms with Crippen molar-refractivity contribution < 1.29 is 4.79 Å². The van der Waals surface area contributed by atoms with E-state index in [-0.39, 0.29) is 22.3 Å². The van der Waals surface area contributed by atoms with Crippen LogP contribution in [0.2, 0.25) is 0 Å². The van der Waals surface area contributed by atoms with E-state index in [0.29, 0.717) is 16.9 Å². The van der Waals surface area contributed by atoms with Crippen molar-refractivity contribution in [2.75, 3.05) is 23.7 Å². The molecule has 0 spiro atoms. The van der Waals surface area contributed by atoms with E-state index in [1.54, 1.807) is 31.3 Å². The molecule has 3 N–H and O–H groups in total. The Morgan fingerprint density at radius 1 is 1.39 bits per heavy atom. The number of nitrogens with one attached hydrogen (secondary N) is 3. The third-order valence-corrected chi connectivity index (χ3v) is 4.72. The quantitative estimate of drug-likeness (QED) is 0.556. The number of hydrogen-bond donors (Lipinski definition) is 3. The van der Waals surface area contributed by atoms with Crippen LogP contribution in [0, 0.1) is 22.7 Å². The van der Waals surface area contributed by atoms with E-state index in [0.717, 1.165) is 23.6 Å². The number of nitrogens with zero attached hydrogens (tertiary/aromatic N) is 4. The Labute approximate surface area is 165 Å². The highest BCUT2D eigenvalue weighted by Gasteiger charge is 2.14. The molecule has 0 saturated heterocycles. The SMILES string of the molecule is CCNc1cc(NC=c2sc(=C(C#N)C(=O)NCC#N)n(CC)c2=O)ccn1. The van der Waals surface area contributed by atoms with E-state index < -0.39 is 5.91 Å². The van der Waals surface area contributed by atoms with Crippen molar-refractivity contribution in [2.45, 2.75) is 20.4 Å². The average Bonchev–Trinajstić information content (AvgIpc) is 3.01. The van der Waals surface area contributed by atoms with Gasteiger partial charge in [-0.2, -0.15) is 10.5 Å². The first-order valence-corrected chi connectivity index (χ1v) is 9.33. The van der Waals surface area contributed by atoms with Gasteiger partial charge < -0.3 is 16.0 Å². The van der Waals surface area contributed by atoms with E-state index in [4.69, 9.17) is 5.26 Å². The molecule has 0 fully saturated rings. The molecule has 2 aromatic rings. The Bertz CT molecular complexity index is 1120. The van der Waals surface area contributed by atoms with E-state index >= 15 is 0 Å². The van der Waals surface area contributed by atoms with Gasteiger partial charge in [0.15, 0.2) is 5.57 Å². The van der Waals surface area contributed by atoms with Crippen LogP contribution in [-0.2, 0) is 11.3 Å². The van der Waals surface area contributed by atoms with Crippen LogP contribution in [0.25, 0.3) is 11.8 Å². The summed E-state index contributed by atoms with van der Waals surface area (Å²) < 4.78 is 1.96. The Balaban J connectivity index is 2.49. The number of rotatable bonds is 7. The van der Waals surface area contributed by atoms with Gasteiger partial charge in [0.1, 0.15) is 27.6 Å². The lowest BCUT2D eigenvalue weighted by atomic mass is 10.3. The van der Waals surface area contributed by atoms with Crippen LogP contribution in [0.15, 0.2) is 23.1 Å². The summed E-state index contributed by atoms with van der Waals surface area (Å²) in [5.74, 6) is 0.0180. The normalized spacial score (nSPS) is 11.9. The van der Waals surface area contributed by atoms with Crippen LogP contribution in [0.3, 0.4) is 0 Å². The third-order valence-electron chi connectivity index (χ3n) is 3.59. The van der Waals surface area contributed by atoms with E-state index in [1.165, 1.54) is 10.8 Å². The first-order valence-electron chi connectivity index (χ1n) is 8.51. The number of nitriles is 2. The molecule has 9 nitrogen and oxygen atoms in total. The van der Waals surface area contributed by atoms with E-state index in [2.05, 4.69) is 20.9 Å². The second-order valence-electron chi connectivity index (χ2n) is 5.40. The summed E-state index contributed by atoms with van der Waals surface area (Å²) in [6.07, 6.45) is 3.18. The molecule has 0 aliphatic rings. The summed E-state index contributed by atoms with van der Waals surface area (Å²) >= 11 is 1.04. The summed E-state index contributed by atoms with van der Waals surface area (Å²) in [5, 5.41) is 26.4. The van der Waals surface area contributed by atoms with E-state index in [1.807, 2.05) is 13.0 Å². The fourth-order valence-corrected chi connectivity index (χ4v) is 3.43. The molecular formula is C18H19N7O2S. The van der Waals surface area contributed by atoms with Crippen LogP contribution >= 0.6 is 11.3 Å². The first-order chi connectivity index (χ1) is 13.5. The van der Waals surface area contributed by atoms with Gasteiger partial charge in [0, 0.05) is 37.2 Å². The molecule has 0 bridgehead atoms. The van der Waals surface area contributed by atoms with Gasteiger partial charge in [-0.05, 0) is 19.9 Å². The van der Waals surface area contributed by atoms with Crippen LogP contribution in [0.1, 0.15) is 13.8 Å². The number of anilines is 2. The minimum absolute atomic E-state index is 0.197. The zero-order valence-electron chi connectivity index (χ0n) is 15.4. The maximum Gasteiger partial charge on any atom is 0.270 e. The molecule has 2 rings (SSSR count). The Morgan fingerprint density at radius 2 is 2.18 bits per heavy atom. The minimum atomic E-state index is -0.684. The molecule has 0 aliphatic heterocycles. The Morgan fingerprint density at radius 3 is 2.82 bits per heavy atom. The van der Waals surface area contributed by atoms with Gasteiger partial charge in [0.05, 0.1) is 6.07 Å². The molecule has 0 aliphatic carbocycles. The van der Waals surface area contributed by atoms with Gasteiger partial charge in [-0.15, -0.1) is 11.3 Å². The Kier molecular flexibility index (Phi) is 7.31. The van der Waals surface area contributed by atoms with Gasteiger partial charge in [-0.1, -0.05) is 0 Å². The van der Waals surface area contributed by atoms with Crippen LogP contribution < -0.4 is 30.7 Å². The number of carbonyl (C=O) groups excluding carboxylic acids is 1. The highest BCUT2D eigenvalue weighted by Crippen LogP contribution is 2.11. The van der Waals surface area contributed by atoms with Gasteiger partial charge in [0.25, 0.3) is 11.5 Å². The lowest BCUT2D eigenvalue weighted by Crippen LogP contribution is -2.34. The molecule has 144 valence electrons. The fourth-order valence-electron chi connectivity index (χ4n) is 2.34. The van der Waals surface area contributed by atoms with Crippen molar-refractivity contribution in [3.8, 4) is 12.1 Å². The molecular weight excluding hydrogens is 378 g/mol. The van der Waals surface area contributed by atoms with E-state index in [9.17, 15) is 14.9 Å². The Hall–Kier alpha value is -3.63. The summed E-state index contributed by atoms with van der Waals surface area (Å²) in [7, 11) is 0. The minimum Gasteiger partial charge on any atom is -0.370 e. The molecule has 10 heteroatoms. The van der Waals surface area contributed by atoms with Crippen LogP contribution in [-0.4, -0.2) is 28.5 Å². The summed E-state index contributed by atoms with van der Waals surface area (Å²) in [6.45, 7) is 4.53. The van der Waals surface area contributed by atoms with Crippen LogP contribution in [0.5, 0.6) is 0 Å². The standard InChI is InChI=1S/C18H19N7O2S/c1-3-21-15-9-12(5-7-22-15)24-11-14-17(27)25(4-2)18(28-14)13(10-20)16(26)23-8-6-19/h5,7,9,11H,3-4,8H2,1-2H3,(H,23,26)(H2,21,22,24). The monoisotopic (exact) mass is 397 g/mol. The number of carbonyl (C=O) groups is 1. The van der Waals surface area contributed by atoms with Crippen LogP contribution in [0.4, 0.5) is 11.5 Å². The number of amides is 1. The van der Waals surface area contributed by atoms with Gasteiger partial charge >= 0.3 is 0 Å². The molecule has 0 atom stereocenters. The van der Waals surface area contributed by atoms with Crippen molar-refractivity contribution in [1.82, 2.24) is 14.9 Å². The number of aromatic nitrogens is 2. The number of pyridine rings is 1. The number of hydrogen-bond acceptors (Lipinski definition) is 8. The summed E-state index contributed by atoms with van der Waals surface area (Å²) in [6, 6.07) is 7.17. The van der Waals surface area contributed by atoms with Gasteiger partial charge in [0.2, 0.25) is 0 Å². The predicted octanol–water partition coefficient (Wildman–Crippen LogP) is -0.0793. The smallest absolute Gasteiger partial charge is 0.270 e. The molecule has 0 aromatic carbocycles. The molecule has 1 amide bonds. The highest BCUT2D eigenvalue weighted by molar-refractivity contribution is 7.07. The third kappa shape index (κ3) is 4.75. The van der Waals surface area contributed by atoms with Crippen molar-refractivity contribution >= 4 is 40.5 Å².